The molecule has 0 bridgehead atoms. The fraction of sp³-hybridized carbons (Fsp3) is 0.238. The summed E-state index contributed by atoms with van der Waals surface area (Å²) in [4.78, 5) is 49.4. The van der Waals surface area contributed by atoms with Gasteiger partial charge in [-0.2, -0.15) is 0 Å². The molecule has 0 saturated carbocycles. The molecule has 2 N–H and O–H groups in total. The number of thioether (sulfide) groups is 1. The SMILES string of the molecule is CC(=O)c1ccccc1NC(=O)[C@@H](C)OC(=O)C[C@H]1Sc2ccccc2NC1=O. The number of ketones is 1. The number of hydrogen-bond donors (Lipinski definition) is 2. The van der Waals surface area contributed by atoms with Crippen molar-refractivity contribution in [3.8, 4) is 0 Å². The molecule has 150 valence electrons. The van der Waals surface area contributed by atoms with E-state index >= 15 is 0 Å². The molecule has 0 aliphatic carbocycles. The van der Waals surface area contributed by atoms with Gasteiger partial charge in [0, 0.05) is 10.5 Å². The molecule has 0 unspecified atom stereocenters. The van der Waals surface area contributed by atoms with Crippen LogP contribution in [0.4, 0.5) is 11.4 Å². The summed E-state index contributed by atoms with van der Waals surface area (Å²) in [7, 11) is 0. The number of esters is 1. The van der Waals surface area contributed by atoms with Crippen molar-refractivity contribution >= 4 is 46.7 Å². The lowest BCUT2D eigenvalue weighted by Gasteiger charge is -2.23. The fourth-order valence-corrected chi connectivity index (χ4v) is 3.91. The molecule has 1 heterocycles. The zero-order valence-electron chi connectivity index (χ0n) is 15.9. The largest absolute Gasteiger partial charge is 0.452 e. The second-order valence-corrected chi connectivity index (χ2v) is 7.76. The molecule has 1 aliphatic heterocycles. The van der Waals surface area contributed by atoms with E-state index in [1.807, 2.05) is 18.2 Å². The first-order valence-corrected chi connectivity index (χ1v) is 9.90. The van der Waals surface area contributed by atoms with Crippen molar-refractivity contribution in [1.82, 2.24) is 0 Å². The quantitative estimate of drug-likeness (QED) is 0.558. The van der Waals surface area contributed by atoms with Crippen LogP contribution in [0.3, 0.4) is 0 Å². The molecule has 0 aromatic heterocycles. The number of amides is 2. The fourth-order valence-electron chi connectivity index (χ4n) is 2.81. The summed E-state index contributed by atoms with van der Waals surface area (Å²) < 4.78 is 5.19. The van der Waals surface area contributed by atoms with Crippen LogP contribution in [0.1, 0.15) is 30.6 Å². The highest BCUT2D eigenvalue weighted by Crippen LogP contribution is 2.36. The van der Waals surface area contributed by atoms with Gasteiger partial charge in [-0.05, 0) is 38.1 Å². The summed E-state index contributed by atoms with van der Waals surface area (Å²) in [6.07, 6.45) is -1.24. The molecule has 3 rings (SSSR count). The Labute approximate surface area is 172 Å². The van der Waals surface area contributed by atoms with E-state index in [-0.39, 0.29) is 18.1 Å². The maximum absolute atomic E-state index is 12.4. The molecule has 0 radical (unpaired) electrons. The van der Waals surface area contributed by atoms with Crippen LogP contribution in [-0.4, -0.2) is 34.9 Å². The molecular weight excluding hydrogens is 392 g/mol. The predicted octanol–water partition coefficient (Wildman–Crippen LogP) is 3.26. The molecule has 0 spiro atoms. The van der Waals surface area contributed by atoms with Crippen LogP contribution < -0.4 is 10.6 Å². The summed E-state index contributed by atoms with van der Waals surface area (Å²) in [5, 5.41) is 4.73. The number of fused-ring (bicyclic) bond motifs is 1. The highest BCUT2D eigenvalue weighted by molar-refractivity contribution is 8.01. The molecule has 2 amide bonds. The minimum Gasteiger partial charge on any atom is -0.452 e. The molecule has 0 saturated heterocycles. The molecule has 1 aliphatic rings. The van der Waals surface area contributed by atoms with Crippen molar-refractivity contribution < 1.29 is 23.9 Å². The average Bonchev–Trinajstić information content (AvgIpc) is 2.68. The minimum absolute atomic E-state index is 0.160. The number of carbonyl (C=O) groups is 4. The van der Waals surface area contributed by atoms with Gasteiger partial charge in [0.1, 0.15) is 0 Å². The predicted molar refractivity (Wildman–Crippen MR) is 110 cm³/mol. The number of anilines is 2. The zero-order valence-corrected chi connectivity index (χ0v) is 16.7. The second kappa shape index (κ2) is 8.91. The Morgan fingerprint density at radius 3 is 2.59 bits per heavy atom. The number of ether oxygens (including phenoxy) is 1. The van der Waals surface area contributed by atoms with E-state index in [2.05, 4.69) is 10.6 Å². The highest BCUT2D eigenvalue weighted by atomic mass is 32.2. The zero-order chi connectivity index (χ0) is 21.0. The van der Waals surface area contributed by atoms with Gasteiger partial charge in [0.25, 0.3) is 5.91 Å². The number of para-hydroxylation sites is 2. The first-order valence-electron chi connectivity index (χ1n) is 9.02. The van der Waals surface area contributed by atoms with Crippen molar-refractivity contribution in [1.29, 1.82) is 0 Å². The molecule has 2 aromatic rings. The lowest BCUT2D eigenvalue weighted by Crippen LogP contribution is -2.34. The third kappa shape index (κ3) is 5.03. The van der Waals surface area contributed by atoms with Crippen LogP contribution in [0, 0.1) is 0 Å². The average molecular weight is 412 g/mol. The van der Waals surface area contributed by atoms with Crippen molar-refractivity contribution in [2.45, 2.75) is 36.5 Å². The first kappa shape index (κ1) is 20.6. The van der Waals surface area contributed by atoms with E-state index < -0.39 is 23.2 Å². The summed E-state index contributed by atoms with van der Waals surface area (Å²) in [6.45, 7) is 2.84. The van der Waals surface area contributed by atoms with Gasteiger partial charge >= 0.3 is 5.97 Å². The van der Waals surface area contributed by atoms with E-state index in [0.29, 0.717) is 16.9 Å². The lowest BCUT2D eigenvalue weighted by atomic mass is 10.1. The Morgan fingerprint density at radius 1 is 1.14 bits per heavy atom. The van der Waals surface area contributed by atoms with Gasteiger partial charge in [-0.25, -0.2) is 0 Å². The molecule has 2 aromatic carbocycles. The van der Waals surface area contributed by atoms with E-state index in [4.69, 9.17) is 4.74 Å². The maximum Gasteiger partial charge on any atom is 0.308 e. The van der Waals surface area contributed by atoms with Crippen LogP contribution in [0.15, 0.2) is 53.4 Å². The molecular formula is C21H20N2O5S. The van der Waals surface area contributed by atoms with Crippen LogP contribution in [0.5, 0.6) is 0 Å². The third-order valence-corrected chi connectivity index (χ3v) is 5.58. The standard InChI is InChI=1S/C21H20N2O5S/c1-12(24)14-7-3-4-8-15(14)22-20(26)13(2)28-19(25)11-18-21(27)23-16-9-5-6-10-17(16)29-18/h3-10,13,18H,11H2,1-2H3,(H,22,26)(H,23,27)/t13-,18-/m1/s1. The number of Topliss-reactive ketones (excluding diaryl/α,β-unsaturated/α-hetero) is 1. The van der Waals surface area contributed by atoms with Crippen molar-refractivity contribution in [3.05, 3.63) is 54.1 Å². The molecule has 8 heteroatoms. The molecule has 7 nitrogen and oxygen atoms in total. The molecule has 0 fully saturated rings. The van der Waals surface area contributed by atoms with Gasteiger partial charge in [-0.15, -0.1) is 11.8 Å². The summed E-state index contributed by atoms with van der Waals surface area (Å²) in [5.41, 5.74) is 1.43. The van der Waals surface area contributed by atoms with E-state index in [1.54, 1.807) is 30.3 Å². The second-order valence-electron chi connectivity index (χ2n) is 6.52. The van der Waals surface area contributed by atoms with Gasteiger partial charge in [0.2, 0.25) is 5.91 Å². The number of nitrogens with one attached hydrogen (secondary N) is 2. The van der Waals surface area contributed by atoms with Gasteiger partial charge in [0.05, 0.1) is 23.0 Å². The van der Waals surface area contributed by atoms with E-state index in [0.717, 1.165) is 4.90 Å². The number of rotatable bonds is 6. The smallest absolute Gasteiger partial charge is 0.308 e. The summed E-state index contributed by atoms with van der Waals surface area (Å²) in [5.74, 6) is -1.68. The number of benzene rings is 2. The molecule has 29 heavy (non-hydrogen) atoms. The summed E-state index contributed by atoms with van der Waals surface area (Å²) >= 11 is 1.29. The lowest BCUT2D eigenvalue weighted by molar-refractivity contribution is -0.153. The van der Waals surface area contributed by atoms with Gasteiger partial charge in [-0.3, -0.25) is 19.2 Å². The Hall–Kier alpha value is -3.13. The number of carbonyl (C=O) groups excluding carboxylic acids is 4. The normalized spacial score (nSPS) is 16.2. The van der Waals surface area contributed by atoms with Crippen LogP contribution in [0.2, 0.25) is 0 Å². The molecule has 2 atom stereocenters. The van der Waals surface area contributed by atoms with Crippen LogP contribution >= 0.6 is 11.8 Å². The minimum atomic E-state index is -1.08. The topological polar surface area (TPSA) is 102 Å². The van der Waals surface area contributed by atoms with Crippen molar-refractivity contribution in [2.75, 3.05) is 10.6 Å². The van der Waals surface area contributed by atoms with E-state index in [9.17, 15) is 19.2 Å². The van der Waals surface area contributed by atoms with Gasteiger partial charge in [-0.1, -0.05) is 24.3 Å². The summed E-state index contributed by atoms with van der Waals surface area (Å²) in [6, 6.07) is 13.9. The maximum atomic E-state index is 12.4. The van der Waals surface area contributed by atoms with Crippen LogP contribution in [0.25, 0.3) is 0 Å². The van der Waals surface area contributed by atoms with Gasteiger partial charge < -0.3 is 15.4 Å². The first-order chi connectivity index (χ1) is 13.8. The van der Waals surface area contributed by atoms with E-state index in [1.165, 1.54) is 25.6 Å². The van der Waals surface area contributed by atoms with Crippen molar-refractivity contribution in [2.24, 2.45) is 0 Å². The Kier molecular flexibility index (Phi) is 6.33. The van der Waals surface area contributed by atoms with Crippen molar-refractivity contribution in [3.63, 3.8) is 0 Å². The Bertz CT molecular complexity index is 975. The number of hydrogen-bond acceptors (Lipinski definition) is 6. The third-order valence-electron chi connectivity index (χ3n) is 4.30. The monoisotopic (exact) mass is 412 g/mol. The van der Waals surface area contributed by atoms with Crippen LogP contribution in [-0.2, 0) is 19.1 Å². The van der Waals surface area contributed by atoms with Gasteiger partial charge in [0.15, 0.2) is 11.9 Å². The highest BCUT2D eigenvalue weighted by Gasteiger charge is 2.30. The Morgan fingerprint density at radius 2 is 1.83 bits per heavy atom. The Balaban J connectivity index is 1.57.